The zero-order valence-electron chi connectivity index (χ0n) is 12.1. The molecular weight excluding hydrogens is 226 g/mol. The Morgan fingerprint density at radius 2 is 2.11 bits per heavy atom. The molecule has 2 rings (SSSR count). The van der Waals surface area contributed by atoms with Crippen LogP contribution >= 0.6 is 0 Å². The number of rotatable bonds is 7. The Labute approximate surface area is 111 Å². The summed E-state index contributed by atoms with van der Waals surface area (Å²) in [7, 11) is 0. The predicted octanol–water partition coefficient (Wildman–Crippen LogP) is 2.33. The minimum Gasteiger partial charge on any atom is -0.392 e. The summed E-state index contributed by atoms with van der Waals surface area (Å²) in [6.07, 6.45) is 6.37. The molecule has 0 aliphatic heterocycles. The summed E-state index contributed by atoms with van der Waals surface area (Å²) in [4.78, 5) is 0. The zero-order valence-corrected chi connectivity index (χ0v) is 12.1. The Bertz CT molecular complexity index is 265. The number of aliphatic hydroxyl groups is 1. The molecule has 0 aromatic rings. The third-order valence-electron chi connectivity index (χ3n) is 5.31. The van der Waals surface area contributed by atoms with Gasteiger partial charge < -0.3 is 15.2 Å². The highest BCUT2D eigenvalue weighted by molar-refractivity contribution is 5.12. The van der Waals surface area contributed by atoms with Crippen LogP contribution < -0.4 is 5.32 Å². The summed E-state index contributed by atoms with van der Waals surface area (Å²) in [5.74, 6) is 0.387. The van der Waals surface area contributed by atoms with Crippen LogP contribution in [-0.4, -0.2) is 36.5 Å². The van der Waals surface area contributed by atoms with Gasteiger partial charge in [-0.25, -0.2) is 0 Å². The van der Waals surface area contributed by atoms with Gasteiger partial charge in [-0.3, -0.25) is 0 Å². The van der Waals surface area contributed by atoms with Crippen LogP contribution in [0.3, 0.4) is 0 Å². The van der Waals surface area contributed by atoms with Crippen molar-refractivity contribution in [2.45, 2.75) is 71.1 Å². The minimum atomic E-state index is -0.210. The van der Waals surface area contributed by atoms with Gasteiger partial charge in [-0.2, -0.15) is 0 Å². The highest BCUT2D eigenvalue weighted by Gasteiger charge is 2.58. The third kappa shape index (κ3) is 2.45. The van der Waals surface area contributed by atoms with Gasteiger partial charge in [0, 0.05) is 24.6 Å². The molecule has 0 aromatic carbocycles. The van der Waals surface area contributed by atoms with E-state index >= 15 is 0 Å². The van der Waals surface area contributed by atoms with E-state index < -0.39 is 0 Å². The Hall–Kier alpha value is -0.120. The van der Waals surface area contributed by atoms with Crippen molar-refractivity contribution >= 4 is 0 Å². The van der Waals surface area contributed by atoms with Crippen LogP contribution in [0.4, 0.5) is 0 Å². The Morgan fingerprint density at radius 1 is 1.39 bits per heavy atom. The van der Waals surface area contributed by atoms with Gasteiger partial charge in [-0.15, -0.1) is 0 Å². The smallest absolute Gasteiger partial charge is 0.0690 e. The van der Waals surface area contributed by atoms with Crippen molar-refractivity contribution in [2.75, 3.05) is 13.2 Å². The quantitative estimate of drug-likeness (QED) is 0.733. The Morgan fingerprint density at radius 3 is 2.61 bits per heavy atom. The van der Waals surface area contributed by atoms with Crippen LogP contribution in [0, 0.1) is 11.3 Å². The first-order chi connectivity index (χ1) is 8.64. The molecule has 18 heavy (non-hydrogen) atoms. The summed E-state index contributed by atoms with van der Waals surface area (Å²) in [6.45, 7) is 7.90. The molecule has 0 bridgehead atoms. The van der Waals surface area contributed by atoms with E-state index in [1.807, 2.05) is 0 Å². The molecule has 0 radical (unpaired) electrons. The second-order valence-electron chi connectivity index (χ2n) is 6.18. The van der Waals surface area contributed by atoms with E-state index in [0.29, 0.717) is 23.5 Å². The molecule has 4 atom stereocenters. The number of hydrogen-bond donors (Lipinski definition) is 2. The first-order valence-corrected chi connectivity index (χ1v) is 7.67. The fourth-order valence-electron chi connectivity index (χ4n) is 3.46. The van der Waals surface area contributed by atoms with Gasteiger partial charge in [0.1, 0.15) is 0 Å². The SMILES string of the molecule is CCOC1CC(NCC(O)C(C)CC)C12CCC2. The molecule has 2 aliphatic carbocycles. The van der Waals surface area contributed by atoms with Crippen molar-refractivity contribution < 1.29 is 9.84 Å². The van der Waals surface area contributed by atoms with Crippen molar-refractivity contribution in [3.05, 3.63) is 0 Å². The normalized spacial score (nSPS) is 32.7. The van der Waals surface area contributed by atoms with Crippen molar-refractivity contribution in [2.24, 2.45) is 11.3 Å². The van der Waals surface area contributed by atoms with Crippen molar-refractivity contribution in [1.82, 2.24) is 5.32 Å². The summed E-state index contributed by atoms with van der Waals surface area (Å²) < 4.78 is 5.84. The molecule has 2 fully saturated rings. The lowest BCUT2D eigenvalue weighted by Crippen LogP contribution is -2.67. The maximum Gasteiger partial charge on any atom is 0.0690 e. The average Bonchev–Trinajstić information content (AvgIpc) is 2.29. The molecule has 4 unspecified atom stereocenters. The van der Waals surface area contributed by atoms with Crippen LogP contribution in [0.2, 0.25) is 0 Å². The molecule has 1 spiro atoms. The van der Waals surface area contributed by atoms with Gasteiger partial charge in [0.15, 0.2) is 0 Å². The number of nitrogens with one attached hydrogen (secondary N) is 1. The third-order valence-corrected chi connectivity index (χ3v) is 5.31. The molecular formula is C15H29NO2. The number of aliphatic hydroxyl groups excluding tert-OH is 1. The Kier molecular flexibility index (Phi) is 4.68. The highest BCUT2D eigenvalue weighted by Crippen LogP contribution is 2.57. The number of ether oxygens (including phenoxy) is 1. The largest absolute Gasteiger partial charge is 0.392 e. The van der Waals surface area contributed by atoms with Crippen LogP contribution in [-0.2, 0) is 4.74 Å². The average molecular weight is 255 g/mol. The van der Waals surface area contributed by atoms with E-state index in [1.165, 1.54) is 19.3 Å². The second-order valence-corrected chi connectivity index (χ2v) is 6.18. The predicted molar refractivity (Wildman–Crippen MR) is 73.6 cm³/mol. The van der Waals surface area contributed by atoms with E-state index in [0.717, 1.165) is 26.0 Å². The van der Waals surface area contributed by atoms with Crippen LogP contribution in [0.5, 0.6) is 0 Å². The highest BCUT2D eigenvalue weighted by atomic mass is 16.5. The van der Waals surface area contributed by atoms with Gasteiger partial charge in [0.2, 0.25) is 0 Å². The van der Waals surface area contributed by atoms with E-state index in [9.17, 15) is 5.11 Å². The lowest BCUT2D eigenvalue weighted by atomic mass is 9.51. The van der Waals surface area contributed by atoms with Crippen molar-refractivity contribution in [3.8, 4) is 0 Å². The van der Waals surface area contributed by atoms with E-state index in [-0.39, 0.29) is 6.10 Å². The fourth-order valence-corrected chi connectivity index (χ4v) is 3.46. The first kappa shape index (κ1) is 14.3. The van der Waals surface area contributed by atoms with Crippen molar-refractivity contribution in [1.29, 1.82) is 0 Å². The monoisotopic (exact) mass is 255 g/mol. The fraction of sp³-hybridized carbons (Fsp3) is 1.00. The van der Waals surface area contributed by atoms with E-state index in [2.05, 4.69) is 26.1 Å². The molecule has 2 N–H and O–H groups in total. The molecule has 106 valence electrons. The lowest BCUT2D eigenvalue weighted by molar-refractivity contribution is -0.174. The summed E-state index contributed by atoms with van der Waals surface area (Å²) >= 11 is 0. The van der Waals surface area contributed by atoms with Gasteiger partial charge in [0.25, 0.3) is 0 Å². The zero-order chi connectivity index (χ0) is 13.2. The second kappa shape index (κ2) is 5.89. The molecule has 0 heterocycles. The van der Waals surface area contributed by atoms with Gasteiger partial charge in [0.05, 0.1) is 12.2 Å². The molecule has 2 saturated carbocycles. The maximum atomic E-state index is 10.0. The lowest BCUT2D eigenvalue weighted by Gasteiger charge is -2.61. The van der Waals surface area contributed by atoms with Crippen LogP contribution in [0.1, 0.15) is 52.9 Å². The molecule has 2 aliphatic rings. The van der Waals surface area contributed by atoms with Gasteiger partial charge >= 0.3 is 0 Å². The summed E-state index contributed by atoms with van der Waals surface area (Å²) in [5.41, 5.74) is 0.408. The van der Waals surface area contributed by atoms with Gasteiger partial charge in [-0.1, -0.05) is 26.7 Å². The summed E-state index contributed by atoms with van der Waals surface area (Å²) in [5, 5.41) is 13.6. The summed E-state index contributed by atoms with van der Waals surface area (Å²) in [6, 6.07) is 0.571. The topological polar surface area (TPSA) is 41.5 Å². The van der Waals surface area contributed by atoms with Crippen molar-refractivity contribution in [3.63, 3.8) is 0 Å². The standard InChI is InChI=1S/C15H29NO2/c1-4-11(3)12(17)10-16-13-9-14(18-5-2)15(13)7-6-8-15/h11-14,16-17H,4-10H2,1-3H3. The Balaban J connectivity index is 1.78. The molecule has 0 amide bonds. The molecule has 3 nitrogen and oxygen atoms in total. The maximum absolute atomic E-state index is 10.0. The molecule has 0 saturated heterocycles. The first-order valence-electron chi connectivity index (χ1n) is 7.67. The van der Waals surface area contributed by atoms with E-state index in [4.69, 9.17) is 4.74 Å². The van der Waals surface area contributed by atoms with Crippen LogP contribution in [0.15, 0.2) is 0 Å². The van der Waals surface area contributed by atoms with E-state index in [1.54, 1.807) is 0 Å². The molecule has 3 heteroatoms. The van der Waals surface area contributed by atoms with Crippen LogP contribution in [0.25, 0.3) is 0 Å². The number of hydrogen-bond acceptors (Lipinski definition) is 3. The molecule has 0 aromatic heterocycles. The minimum absolute atomic E-state index is 0.210. The van der Waals surface area contributed by atoms with Gasteiger partial charge in [-0.05, 0) is 32.1 Å².